The van der Waals surface area contributed by atoms with E-state index >= 15 is 0 Å². The highest BCUT2D eigenvalue weighted by molar-refractivity contribution is 7.80. The molecule has 0 unspecified atom stereocenters. The van der Waals surface area contributed by atoms with E-state index < -0.39 is 5.63 Å². The zero-order valence-corrected chi connectivity index (χ0v) is 9.36. The molecule has 0 aliphatic carbocycles. The molecule has 1 aromatic carbocycles. The maximum absolute atomic E-state index is 11.0. The Balaban J connectivity index is 2.21. The predicted molar refractivity (Wildman–Crippen MR) is 62.8 cm³/mol. The van der Waals surface area contributed by atoms with Crippen molar-refractivity contribution in [3.8, 4) is 5.75 Å². The third-order valence-corrected chi connectivity index (χ3v) is 2.19. The summed E-state index contributed by atoms with van der Waals surface area (Å²) in [6.07, 6.45) is 0. The zero-order chi connectivity index (χ0) is 11.5. The number of aryl methyl sites for hydroxylation is 1. The van der Waals surface area contributed by atoms with Crippen LogP contribution >= 0.6 is 12.2 Å². The van der Waals surface area contributed by atoms with Crippen LogP contribution in [0.15, 0.2) is 45.7 Å². The van der Waals surface area contributed by atoms with Crippen LogP contribution in [0.1, 0.15) is 5.69 Å². The van der Waals surface area contributed by atoms with Gasteiger partial charge in [0.25, 0.3) is 0 Å². The molecule has 2 aromatic rings. The van der Waals surface area contributed by atoms with Gasteiger partial charge in [0, 0.05) is 6.07 Å². The van der Waals surface area contributed by atoms with Gasteiger partial charge in [-0.1, -0.05) is 18.2 Å². The molecular formula is C11H9NO3S. The number of rotatable bonds is 1. The van der Waals surface area contributed by atoms with Crippen molar-refractivity contribution >= 4 is 17.4 Å². The van der Waals surface area contributed by atoms with Crippen molar-refractivity contribution in [2.24, 2.45) is 0 Å². The molecule has 0 N–H and O–H groups in total. The fourth-order valence-electron chi connectivity index (χ4n) is 1.23. The molecule has 4 nitrogen and oxygen atoms in total. The lowest BCUT2D eigenvalue weighted by atomic mass is 10.3. The number of ether oxygens (including phenoxy) is 1. The molecule has 0 saturated heterocycles. The van der Waals surface area contributed by atoms with Gasteiger partial charge in [-0.05, 0) is 31.3 Å². The van der Waals surface area contributed by atoms with Gasteiger partial charge in [-0.15, -0.1) is 4.74 Å². The molecule has 0 spiro atoms. The van der Waals surface area contributed by atoms with Crippen LogP contribution in [0.3, 0.4) is 0 Å². The summed E-state index contributed by atoms with van der Waals surface area (Å²) in [6, 6.07) is 10.4. The molecule has 82 valence electrons. The van der Waals surface area contributed by atoms with Gasteiger partial charge in [-0.3, -0.25) is 0 Å². The topological polar surface area (TPSA) is 44.4 Å². The summed E-state index contributed by atoms with van der Waals surface area (Å²) in [6.45, 7) is 1.71. The Labute approximate surface area is 97.0 Å². The Kier molecular flexibility index (Phi) is 2.87. The van der Waals surface area contributed by atoms with Crippen LogP contribution in [0, 0.1) is 6.92 Å². The quantitative estimate of drug-likeness (QED) is 0.709. The molecule has 16 heavy (non-hydrogen) atoms. The zero-order valence-electron chi connectivity index (χ0n) is 8.54. The Morgan fingerprint density at radius 3 is 2.62 bits per heavy atom. The molecule has 5 heteroatoms. The summed E-state index contributed by atoms with van der Waals surface area (Å²) in [5, 5.41) is 0.0887. The van der Waals surface area contributed by atoms with E-state index in [2.05, 4.69) is 0 Å². The molecule has 0 amide bonds. The standard InChI is InChI=1S/C11H9NO3S/c1-8-7-10(13)15-12(8)11(16)14-9-5-3-2-4-6-9/h2-7H,1H3. The van der Waals surface area contributed by atoms with Crippen molar-refractivity contribution in [2.45, 2.75) is 6.92 Å². The first-order chi connectivity index (χ1) is 7.66. The van der Waals surface area contributed by atoms with Crippen molar-refractivity contribution in [3.05, 3.63) is 52.5 Å². The summed E-state index contributed by atoms with van der Waals surface area (Å²) in [4.78, 5) is 11.0. The van der Waals surface area contributed by atoms with E-state index in [4.69, 9.17) is 21.5 Å². The number of hydrogen-bond acceptors (Lipinski definition) is 4. The van der Waals surface area contributed by atoms with Gasteiger partial charge in [0.1, 0.15) is 5.75 Å². The number of para-hydroxylation sites is 1. The van der Waals surface area contributed by atoms with Gasteiger partial charge in [0.05, 0.1) is 5.69 Å². The van der Waals surface area contributed by atoms with Crippen LogP contribution in [-0.2, 0) is 0 Å². The lowest BCUT2D eigenvalue weighted by Gasteiger charge is -2.06. The second-order valence-electron chi connectivity index (χ2n) is 3.17. The highest BCUT2D eigenvalue weighted by atomic mass is 32.1. The van der Waals surface area contributed by atoms with Crippen molar-refractivity contribution in [1.29, 1.82) is 0 Å². The van der Waals surface area contributed by atoms with Crippen LogP contribution in [0.4, 0.5) is 0 Å². The second-order valence-corrected chi connectivity index (χ2v) is 3.52. The lowest BCUT2D eigenvalue weighted by Crippen LogP contribution is -2.17. The van der Waals surface area contributed by atoms with Crippen molar-refractivity contribution < 1.29 is 9.26 Å². The Bertz CT molecular complexity index is 556. The van der Waals surface area contributed by atoms with E-state index in [9.17, 15) is 4.79 Å². The van der Waals surface area contributed by atoms with E-state index in [1.54, 1.807) is 19.1 Å². The average Bonchev–Trinajstić information content (AvgIpc) is 2.59. The maximum Gasteiger partial charge on any atom is 0.358 e. The maximum atomic E-state index is 11.0. The van der Waals surface area contributed by atoms with E-state index in [0.717, 1.165) is 0 Å². The molecule has 1 heterocycles. The monoisotopic (exact) mass is 235 g/mol. The van der Waals surface area contributed by atoms with Gasteiger partial charge in [-0.2, -0.15) is 0 Å². The molecule has 0 aliphatic heterocycles. The Morgan fingerprint density at radius 1 is 1.38 bits per heavy atom. The number of benzene rings is 1. The first-order valence-corrected chi connectivity index (χ1v) is 5.05. The third-order valence-electron chi connectivity index (χ3n) is 1.94. The molecular weight excluding hydrogens is 226 g/mol. The second kappa shape index (κ2) is 4.32. The van der Waals surface area contributed by atoms with E-state index in [-0.39, 0.29) is 5.17 Å². The fraction of sp³-hybridized carbons (Fsp3) is 0.0909. The van der Waals surface area contributed by atoms with E-state index in [1.807, 2.05) is 18.2 Å². The smallest absolute Gasteiger partial charge is 0.358 e. The largest absolute Gasteiger partial charge is 0.430 e. The summed E-state index contributed by atoms with van der Waals surface area (Å²) >= 11 is 5.01. The van der Waals surface area contributed by atoms with Gasteiger partial charge in [0.15, 0.2) is 0 Å². The normalized spacial score (nSPS) is 10.1. The van der Waals surface area contributed by atoms with Gasteiger partial charge >= 0.3 is 10.8 Å². The number of hydrogen-bond donors (Lipinski definition) is 0. The van der Waals surface area contributed by atoms with Crippen LogP contribution < -0.4 is 10.4 Å². The van der Waals surface area contributed by atoms with Crippen molar-refractivity contribution in [3.63, 3.8) is 0 Å². The number of nitrogens with zero attached hydrogens (tertiary/aromatic N) is 1. The minimum atomic E-state index is -0.448. The Hall–Kier alpha value is -1.88. The highest BCUT2D eigenvalue weighted by Crippen LogP contribution is 2.10. The molecule has 0 saturated carbocycles. The highest BCUT2D eigenvalue weighted by Gasteiger charge is 2.09. The van der Waals surface area contributed by atoms with Gasteiger partial charge in [-0.25, -0.2) is 4.79 Å². The number of thiocarbonyl (C=S) groups is 1. The van der Waals surface area contributed by atoms with Crippen LogP contribution in [0.25, 0.3) is 0 Å². The number of aromatic nitrogens is 1. The Morgan fingerprint density at radius 2 is 2.06 bits per heavy atom. The minimum absolute atomic E-state index is 0.0887. The van der Waals surface area contributed by atoms with Crippen LogP contribution in [0.2, 0.25) is 0 Å². The molecule has 0 aliphatic rings. The SMILES string of the molecule is Cc1cc(=O)on1C(=S)Oc1ccccc1. The average molecular weight is 235 g/mol. The summed E-state index contributed by atoms with van der Waals surface area (Å²) in [7, 11) is 0. The van der Waals surface area contributed by atoms with Crippen LogP contribution in [0.5, 0.6) is 5.75 Å². The summed E-state index contributed by atoms with van der Waals surface area (Å²) in [5.41, 5.74) is 0.155. The van der Waals surface area contributed by atoms with Crippen LogP contribution in [-0.4, -0.2) is 9.91 Å². The molecule has 0 atom stereocenters. The van der Waals surface area contributed by atoms with E-state index in [0.29, 0.717) is 11.4 Å². The fourth-order valence-corrected chi connectivity index (χ4v) is 1.51. The molecule has 0 radical (unpaired) electrons. The summed E-state index contributed by atoms with van der Waals surface area (Å²) in [5.74, 6) is 0.600. The van der Waals surface area contributed by atoms with Crippen molar-refractivity contribution in [1.82, 2.24) is 4.74 Å². The van der Waals surface area contributed by atoms with E-state index in [1.165, 1.54) is 10.8 Å². The molecule has 0 bridgehead atoms. The molecule has 2 rings (SSSR count). The summed E-state index contributed by atoms with van der Waals surface area (Å²) < 4.78 is 11.4. The minimum Gasteiger partial charge on any atom is -0.430 e. The molecule has 0 fully saturated rings. The van der Waals surface area contributed by atoms with Crippen molar-refractivity contribution in [2.75, 3.05) is 0 Å². The predicted octanol–water partition coefficient (Wildman–Crippen LogP) is 1.96. The lowest BCUT2D eigenvalue weighted by molar-refractivity contribution is 0.309. The molecule has 1 aromatic heterocycles. The van der Waals surface area contributed by atoms with Gasteiger partial charge in [0.2, 0.25) is 0 Å². The van der Waals surface area contributed by atoms with Gasteiger partial charge < -0.3 is 9.26 Å². The first-order valence-electron chi connectivity index (χ1n) is 4.64. The third kappa shape index (κ3) is 2.20. The first kappa shape index (κ1) is 10.6.